The van der Waals surface area contributed by atoms with Crippen LogP contribution in [-0.4, -0.2) is 25.3 Å². The third-order valence-electron chi connectivity index (χ3n) is 4.86. The van der Waals surface area contributed by atoms with Gasteiger partial charge in [-0.25, -0.2) is 0 Å². The van der Waals surface area contributed by atoms with Crippen molar-refractivity contribution < 1.29 is 27.1 Å². The molecule has 0 heterocycles. The second-order valence-corrected chi connectivity index (χ2v) is 13.0. The van der Waals surface area contributed by atoms with E-state index in [9.17, 15) is 27.1 Å². The van der Waals surface area contributed by atoms with Crippen molar-refractivity contribution in [2.75, 3.05) is 0 Å². The Morgan fingerprint density at radius 2 is 1.41 bits per heavy atom. The van der Waals surface area contributed by atoms with Gasteiger partial charge in [0.2, 0.25) is 0 Å². The molecule has 0 aliphatic heterocycles. The van der Waals surface area contributed by atoms with Gasteiger partial charge in [0.25, 0.3) is 0 Å². The molecule has 0 radical (unpaired) electrons. The highest BCUT2D eigenvalue weighted by Crippen LogP contribution is 2.51. The number of benzene rings is 2. The van der Waals surface area contributed by atoms with Gasteiger partial charge in [-0.2, -0.15) is 22.0 Å². The minimum Gasteiger partial charge on any atom is -0.378 e. The second-order valence-electron chi connectivity index (χ2n) is 7.19. The van der Waals surface area contributed by atoms with E-state index in [1.165, 1.54) is 12.1 Å². The van der Waals surface area contributed by atoms with Crippen molar-refractivity contribution in [1.82, 2.24) is 0 Å². The van der Waals surface area contributed by atoms with Gasteiger partial charge in [-0.05, 0) is 24.1 Å². The summed E-state index contributed by atoms with van der Waals surface area (Å²) in [5.41, 5.74) is -3.80. The molecular formula is C19H20BrF5OSi. The lowest BCUT2D eigenvalue weighted by Gasteiger charge is -2.39. The van der Waals surface area contributed by atoms with Gasteiger partial charge in [-0.3, -0.25) is 0 Å². The number of rotatable bonds is 6. The molecule has 2 rings (SSSR count). The van der Waals surface area contributed by atoms with Crippen LogP contribution in [0, 0.1) is 0 Å². The van der Waals surface area contributed by atoms with E-state index >= 15 is 0 Å². The molecule has 148 valence electrons. The van der Waals surface area contributed by atoms with Crippen LogP contribution in [0.4, 0.5) is 22.0 Å². The molecule has 2 aromatic carbocycles. The summed E-state index contributed by atoms with van der Waals surface area (Å²) in [4.78, 5) is 0. The Kier molecular flexibility index (Phi) is 6.23. The van der Waals surface area contributed by atoms with E-state index in [1.54, 1.807) is 12.1 Å². The summed E-state index contributed by atoms with van der Waals surface area (Å²) in [5, 5.41) is 11.6. The monoisotopic (exact) mass is 466 g/mol. The molecule has 27 heavy (non-hydrogen) atoms. The van der Waals surface area contributed by atoms with Gasteiger partial charge in [0.15, 0.2) is 5.60 Å². The Balaban J connectivity index is 2.43. The van der Waals surface area contributed by atoms with Crippen LogP contribution in [0.15, 0.2) is 59.1 Å². The van der Waals surface area contributed by atoms with Crippen molar-refractivity contribution in [3.63, 3.8) is 0 Å². The molecule has 8 heteroatoms. The first-order valence-electron chi connectivity index (χ1n) is 8.30. The van der Waals surface area contributed by atoms with Gasteiger partial charge in [-0.15, -0.1) is 0 Å². The number of halogens is 6. The zero-order chi connectivity index (χ0) is 20.5. The smallest absolute Gasteiger partial charge is 0.378 e. The van der Waals surface area contributed by atoms with Crippen molar-refractivity contribution >= 4 is 29.2 Å². The number of alkyl halides is 5. The van der Waals surface area contributed by atoms with E-state index in [4.69, 9.17) is 0 Å². The fraction of sp³-hybridized carbons (Fsp3) is 0.368. The molecule has 0 fully saturated rings. The third-order valence-corrected chi connectivity index (χ3v) is 8.79. The Hall–Kier alpha value is -1.25. The fourth-order valence-electron chi connectivity index (χ4n) is 2.97. The maximum absolute atomic E-state index is 14.4. The van der Waals surface area contributed by atoms with E-state index in [0.29, 0.717) is 4.47 Å². The van der Waals surface area contributed by atoms with E-state index in [1.807, 2.05) is 31.3 Å². The minimum atomic E-state index is -5.87. The number of hydrogen-bond donors (Lipinski definition) is 1. The normalized spacial score (nSPS) is 15.4. The predicted molar refractivity (Wildman–Crippen MR) is 102 cm³/mol. The first-order valence-corrected chi connectivity index (χ1v) is 12.3. The second kappa shape index (κ2) is 7.64. The minimum absolute atomic E-state index is 0.0647. The summed E-state index contributed by atoms with van der Waals surface area (Å²) in [7, 11) is -2.34. The molecule has 1 nitrogen and oxygen atoms in total. The highest BCUT2D eigenvalue weighted by Gasteiger charge is 2.70. The summed E-state index contributed by atoms with van der Waals surface area (Å²) in [6.07, 6.45) is -6.57. The van der Waals surface area contributed by atoms with Gasteiger partial charge in [0.1, 0.15) is 0 Å². The summed E-state index contributed by atoms with van der Waals surface area (Å²) in [6, 6.07) is 14.0. The molecule has 0 aliphatic carbocycles. The molecule has 1 unspecified atom stereocenters. The molecule has 0 amide bonds. The zero-order valence-electron chi connectivity index (χ0n) is 14.8. The van der Waals surface area contributed by atoms with Crippen LogP contribution in [0.2, 0.25) is 19.1 Å². The molecule has 0 aliphatic rings. The third kappa shape index (κ3) is 4.43. The van der Waals surface area contributed by atoms with Gasteiger partial charge in [-0.1, -0.05) is 82.7 Å². The van der Waals surface area contributed by atoms with Crippen molar-refractivity contribution in [3.8, 4) is 0 Å². The Bertz CT molecular complexity index is 762. The van der Waals surface area contributed by atoms with E-state index in [-0.39, 0.29) is 6.04 Å². The summed E-state index contributed by atoms with van der Waals surface area (Å²) in [5.74, 6) is -5.28. The molecular weight excluding hydrogens is 447 g/mol. The van der Waals surface area contributed by atoms with Crippen LogP contribution in [0.25, 0.3) is 0 Å². The SMILES string of the molecule is C[Si](C)(CCC(O)(c1ccc(Br)cc1)C(F)(F)C(F)(F)F)c1ccccc1. The fourth-order valence-corrected chi connectivity index (χ4v) is 5.60. The highest BCUT2D eigenvalue weighted by atomic mass is 79.9. The quantitative estimate of drug-likeness (QED) is 0.418. The topological polar surface area (TPSA) is 20.2 Å². The molecule has 1 N–H and O–H groups in total. The molecule has 2 aromatic rings. The number of hydrogen-bond acceptors (Lipinski definition) is 1. The standard InChI is InChI=1S/C19H20BrF5OSi/c1-27(2,16-6-4-3-5-7-16)13-12-17(26,18(21,22)19(23,24)25)14-8-10-15(20)11-9-14/h3-11,26H,12-13H2,1-2H3. The van der Waals surface area contributed by atoms with Gasteiger partial charge < -0.3 is 5.11 Å². The van der Waals surface area contributed by atoms with Crippen molar-refractivity contribution in [2.45, 2.75) is 43.3 Å². The molecule has 0 saturated heterocycles. The number of aliphatic hydroxyl groups is 1. The van der Waals surface area contributed by atoms with Crippen LogP contribution in [-0.2, 0) is 5.60 Å². The van der Waals surface area contributed by atoms with Crippen LogP contribution in [0.5, 0.6) is 0 Å². The summed E-state index contributed by atoms with van der Waals surface area (Å²) < 4.78 is 68.6. The molecule has 0 aromatic heterocycles. The first-order chi connectivity index (χ1) is 12.3. The van der Waals surface area contributed by atoms with Crippen LogP contribution in [0.1, 0.15) is 12.0 Å². The summed E-state index contributed by atoms with van der Waals surface area (Å²) >= 11 is 3.12. The lowest BCUT2D eigenvalue weighted by molar-refractivity contribution is -0.347. The van der Waals surface area contributed by atoms with Crippen molar-refractivity contribution in [1.29, 1.82) is 0 Å². The lowest BCUT2D eigenvalue weighted by Crippen LogP contribution is -2.56. The molecule has 0 bridgehead atoms. The predicted octanol–water partition coefficient (Wildman–Crippen LogP) is 5.84. The van der Waals surface area contributed by atoms with Crippen LogP contribution in [0.3, 0.4) is 0 Å². The van der Waals surface area contributed by atoms with E-state index in [2.05, 4.69) is 15.9 Å². The maximum Gasteiger partial charge on any atom is 0.456 e. The zero-order valence-corrected chi connectivity index (χ0v) is 17.4. The van der Waals surface area contributed by atoms with Gasteiger partial charge in [0.05, 0.1) is 8.07 Å². The maximum atomic E-state index is 14.4. The van der Waals surface area contributed by atoms with E-state index in [0.717, 1.165) is 17.3 Å². The average molecular weight is 467 g/mol. The molecule has 1 atom stereocenters. The Labute approximate surface area is 164 Å². The Morgan fingerprint density at radius 1 is 0.889 bits per heavy atom. The van der Waals surface area contributed by atoms with Gasteiger partial charge >= 0.3 is 12.1 Å². The van der Waals surface area contributed by atoms with Gasteiger partial charge in [0, 0.05) is 4.47 Å². The van der Waals surface area contributed by atoms with Crippen molar-refractivity contribution in [3.05, 3.63) is 64.6 Å². The first kappa shape index (κ1) is 22.0. The Morgan fingerprint density at radius 3 is 1.89 bits per heavy atom. The van der Waals surface area contributed by atoms with Crippen molar-refractivity contribution in [2.24, 2.45) is 0 Å². The average Bonchev–Trinajstić information content (AvgIpc) is 2.60. The van der Waals surface area contributed by atoms with E-state index < -0.39 is 37.8 Å². The lowest BCUT2D eigenvalue weighted by atomic mass is 9.84. The highest BCUT2D eigenvalue weighted by molar-refractivity contribution is 9.10. The molecule has 0 saturated carbocycles. The largest absolute Gasteiger partial charge is 0.456 e. The van der Waals surface area contributed by atoms with Crippen LogP contribution >= 0.6 is 15.9 Å². The molecule has 0 spiro atoms. The van der Waals surface area contributed by atoms with Crippen LogP contribution < -0.4 is 5.19 Å². The summed E-state index contributed by atoms with van der Waals surface area (Å²) in [6.45, 7) is 3.77.